The number of benzene rings is 2. The summed E-state index contributed by atoms with van der Waals surface area (Å²) in [6.45, 7) is 4.08. The maximum absolute atomic E-state index is 13.1. The summed E-state index contributed by atoms with van der Waals surface area (Å²) in [5, 5.41) is 2.99. The molecule has 0 spiro atoms. The van der Waals surface area contributed by atoms with Crippen molar-refractivity contribution in [3.05, 3.63) is 47.5 Å². The molecule has 7 heteroatoms. The molecule has 1 aliphatic rings. The van der Waals surface area contributed by atoms with Gasteiger partial charge in [-0.1, -0.05) is 6.92 Å². The molecule has 0 bridgehead atoms. The number of piperidine rings is 1. The highest BCUT2D eigenvalue weighted by Crippen LogP contribution is 2.33. The third-order valence-electron chi connectivity index (χ3n) is 5.44. The number of hydrogen-bond acceptors (Lipinski definition) is 6. The summed E-state index contributed by atoms with van der Waals surface area (Å²) in [7, 11) is 2.90. The van der Waals surface area contributed by atoms with E-state index in [9.17, 15) is 9.59 Å². The smallest absolute Gasteiger partial charge is 0.337 e. The first-order valence-electron chi connectivity index (χ1n) is 9.97. The van der Waals surface area contributed by atoms with Crippen LogP contribution in [0.3, 0.4) is 0 Å². The van der Waals surface area contributed by atoms with Gasteiger partial charge in [-0.3, -0.25) is 4.79 Å². The Balaban J connectivity index is 1.94. The van der Waals surface area contributed by atoms with Crippen molar-refractivity contribution in [3.63, 3.8) is 0 Å². The molecule has 1 saturated heterocycles. The second-order valence-electron chi connectivity index (χ2n) is 7.41. The SMILES string of the molecule is COC(=O)c1ccc(N2CCC(C)CC2)c(NC(=O)c2ccc(SC)cc2OC)c1. The molecule has 1 aliphatic heterocycles. The molecule has 6 nitrogen and oxygen atoms in total. The molecule has 1 heterocycles. The van der Waals surface area contributed by atoms with E-state index in [0.717, 1.165) is 36.5 Å². The van der Waals surface area contributed by atoms with Crippen LogP contribution in [0, 0.1) is 5.92 Å². The molecule has 0 unspecified atom stereocenters. The van der Waals surface area contributed by atoms with Crippen molar-refractivity contribution in [2.24, 2.45) is 5.92 Å². The van der Waals surface area contributed by atoms with E-state index in [1.807, 2.05) is 24.5 Å². The number of amides is 1. The van der Waals surface area contributed by atoms with Crippen LogP contribution in [0.25, 0.3) is 0 Å². The lowest BCUT2D eigenvalue weighted by molar-refractivity contribution is 0.0600. The van der Waals surface area contributed by atoms with E-state index in [2.05, 4.69) is 17.1 Å². The summed E-state index contributed by atoms with van der Waals surface area (Å²) in [6.07, 6.45) is 4.16. The molecule has 3 rings (SSSR count). The predicted octanol–water partition coefficient (Wildman–Crippen LogP) is 4.69. The van der Waals surface area contributed by atoms with Crippen molar-refractivity contribution in [1.82, 2.24) is 0 Å². The van der Waals surface area contributed by atoms with Crippen LogP contribution < -0.4 is 15.0 Å². The van der Waals surface area contributed by atoms with Crippen LogP contribution in [0.4, 0.5) is 11.4 Å². The normalized spacial score (nSPS) is 14.3. The maximum Gasteiger partial charge on any atom is 0.337 e. The number of nitrogens with one attached hydrogen (secondary N) is 1. The van der Waals surface area contributed by atoms with Gasteiger partial charge in [-0.15, -0.1) is 11.8 Å². The number of hydrogen-bond donors (Lipinski definition) is 1. The number of ether oxygens (including phenoxy) is 2. The van der Waals surface area contributed by atoms with E-state index in [0.29, 0.717) is 28.5 Å². The standard InChI is InChI=1S/C23H28N2O4S/c1-15-9-11-25(12-10-15)20-8-5-16(23(27)29-3)13-19(20)24-22(26)18-7-6-17(30-4)14-21(18)28-2/h5-8,13-15H,9-12H2,1-4H3,(H,24,26). The van der Waals surface area contributed by atoms with Crippen molar-refractivity contribution in [1.29, 1.82) is 0 Å². The van der Waals surface area contributed by atoms with Crippen LogP contribution in [0.1, 0.15) is 40.5 Å². The molecule has 0 aliphatic carbocycles. The molecular formula is C23H28N2O4S. The Morgan fingerprint density at radius 2 is 1.83 bits per heavy atom. The molecule has 1 amide bonds. The Kier molecular flexibility index (Phi) is 7.26. The first-order valence-corrected chi connectivity index (χ1v) is 11.2. The fourth-order valence-corrected chi connectivity index (χ4v) is 4.01. The Morgan fingerprint density at radius 1 is 1.10 bits per heavy atom. The molecule has 2 aromatic carbocycles. The van der Waals surface area contributed by atoms with Gasteiger partial charge in [0.25, 0.3) is 5.91 Å². The summed E-state index contributed by atoms with van der Waals surface area (Å²) >= 11 is 1.58. The van der Waals surface area contributed by atoms with Crippen LogP contribution in [-0.4, -0.2) is 45.4 Å². The molecule has 0 saturated carbocycles. The summed E-state index contributed by atoms with van der Waals surface area (Å²) in [5.41, 5.74) is 2.33. The second kappa shape index (κ2) is 9.89. The molecule has 0 radical (unpaired) electrons. The quantitative estimate of drug-likeness (QED) is 0.532. The summed E-state index contributed by atoms with van der Waals surface area (Å²) in [5.74, 6) is 0.476. The van der Waals surface area contributed by atoms with Gasteiger partial charge in [0.05, 0.1) is 36.7 Å². The van der Waals surface area contributed by atoms with Crippen LogP contribution >= 0.6 is 11.8 Å². The second-order valence-corrected chi connectivity index (χ2v) is 8.29. The van der Waals surface area contributed by atoms with Crippen LogP contribution in [0.15, 0.2) is 41.3 Å². The van der Waals surface area contributed by atoms with Crippen LogP contribution in [-0.2, 0) is 4.74 Å². The fraction of sp³-hybridized carbons (Fsp3) is 0.391. The number of thioether (sulfide) groups is 1. The van der Waals surface area contributed by atoms with Crippen molar-refractivity contribution in [2.75, 3.05) is 43.8 Å². The van der Waals surface area contributed by atoms with Gasteiger partial charge in [0, 0.05) is 18.0 Å². The highest BCUT2D eigenvalue weighted by Gasteiger charge is 2.22. The lowest BCUT2D eigenvalue weighted by Gasteiger charge is -2.33. The van der Waals surface area contributed by atoms with Gasteiger partial charge in [0.1, 0.15) is 5.75 Å². The van der Waals surface area contributed by atoms with E-state index in [1.54, 1.807) is 37.1 Å². The monoisotopic (exact) mass is 428 g/mol. The third kappa shape index (κ3) is 4.90. The Hall–Kier alpha value is -2.67. The first kappa shape index (κ1) is 22.0. The van der Waals surface area contributed by atoms with E-state index >= 15 is 0 Å². The number of carbonyl (C=O) groups excluding carboxylic acids is 2. The van der Waals surface area contributed by atoms with E-state index in [4.69, 9.17) is 9.47 Å². The van der Waals surface area contributed by atoms with E-state index in [-0.39, 0.29) is 5.91 Å². The van der Waals surface area contributed by atoms with Gasteiger partial charge in [0.15, 0.2) is 0 Å². The van der Waals surface area contributed by atoms with Gasteiger partial charge in [0.2, 0.25) is 0 Å². The fourth-order valence-electron chi connectivity index (χ4n) is 3.58. The van der Waals surface area contributed by atoms with Crippen molar-refractivity contribution >= 4 is 35.0 Å². The van der Waals surface area contributed by atoms with Crippen molar-refractivity contribution in [2.45, 2.75) is 24.7 Å². The lowest BCUT2D eigenvalue weighted by Crippen LogP contribution is -2.33. The number of nitrogens with zero attached hydrogens (tertiary/aromatic N) is 1. The molecule has 1 fully saturated rings. The molecule has 2 aromatic rings. The zero-order valence-corrected chi connectivity index (χ0v) is 18.7. The molecular weight excluding hydrogens is 400 g/mol. The number of anilines is 2. The molecule has 1 N–H and O–H groups in total. The number of carbonyl (C=O) groups is 2. The largest absolute Gasteiger partial charge is 0.496 e. The summed E-state index contributed by atoms with van der Waals surface area (Å²) < 4.78 is 10.3. The molecule has 30 heavy (non-hydrogen) atoms. The van der Waals surface area contributed by atoms with Crippen LogP contribution in [0.2, 0.25) is 0 Å². The molecule has 0 aromatic heterocycles. The van der Waals surface area contributed by atoms with Crippen molar-refractivity contribution < 1.29 is 19.1 Å². The molecule has 160 valence electrons. The predicted molar refractivity (Wildman–Crippen MR) is 121 cm³/mol. The van der Waals surface area contributed by atoms with Gasteiger partial charge in [-0.05, 0) is 61.4 Å². The number of esters is 1. The van der Waals surface area contributed by atoms with Gasteiger partial charge in [-0.25, -0.2) is 4.79 Å². The average molecular weight is 429 g/mol. The Labute approximate surface area is 181 Å². The van der Waals surface area contributed by atoms with Crippen LogP contribution in [0.5, 0.6) is 5.75 Å². The highest BCUT2D eigenvalue weighted by molar-refractivity contribution is 7.98. The zero-order valence-electron chi connectivity index (χ0n) is 17.9. The summed E-state index contributed by atoms with van der Waals surface area (Å²) in [6, 6.07) is 10.8. The minimum Gasteiger partial charge on any atom is -0.496 e. The zero-order chi connectivity index (χ0) is 21.7. The number of methoxy groups -OCH3 is 2. The number of rotatable bonds is 6. The topological polar surface area (TPSA) is 67.9 Å². The Morgan fingerprint density at radius 3 is 2.47 bits per heavy atom. The lowest BCUT2D eigenvalue weighted by atomic mass is 9.98. The van der Waals surface area contributed by atoms with E-state index < -0.39 is 5.97 Å². The van der Waals surface area contributed by atoms with Crippen molar-refractivity contribution in [3.8, 4) is 5.75 Å². The minimum absolute atomic E-state index is 0.284. The van der Waals surface area contributed by atoms with Gasteiger partial charge in [-0.2, -0.15) is 0 Å². The van der Waals surface area contributed by atoms with E-state index in [1.165, 1.54) is 7.11 Å². The maximum atomic E-state index is 13.1. The van der Waals surface area contributed by atoms with Gasteiger partial charge < -0.3 is 19.7 Å². The molecule has 0 atom stereocenters. The third-order valence-corrected chi connectivity index (χ3v) is 6.17. The average Bonchev–Trinajstić information content (AvgIpc) is 2.78. The Bertz CT molecular complexity index is 923. The first-order chi connectivity index (χ1) is 14.5. The van der Waals surface area contributed by atoms with Gasteiger partial charge >= 0.3 is 5.97 Å². The summed E-state index contributed by atoms with van der Waals surface area (Å²) in [4.78, 5) is 28.4. The highest BCUT2D eigenvalue weighted by atomic mass is 32.2. The minimum atomic E-state index is -0.439.